The van der Waals surface area contributed by atoms with E-state index in [-0.39, 0.29) is 0 Å². The minimum Gasteiger partial charge on any atom is -0.328 e. The molecule has 0 saturated heterocycles. The first-order valence-corrected chi connectivity index (χ1v) is 9.69. The van der Waals surface area contributed by atoms with Crippen LogP contribution in [-0.2, 0) is 22.3 Å². The van der Waals surface area contributed by atoms with Crippen molar-refractivity contribution in [3.05, 3.63) is 71.8 Å². The van der Waals surface area contributed by atoms with E-state index >= 15 is 0 Å². The van der Waals surface area contributed by atoms with Crippen LogP contribution in [0.1, 0.15) is 38.8 Å². The Balaban J connectivity index is 0.000000381. The summed E-state index contributed by atoms with van der Waals surface area (Å²) < 4.78 is 10.5. The number of hydrogen-bond donors (Lipinski definition) is 2. The second kappa shape index (κ2) is 13.0. The van der Waals surface area contributed by atoms with Gasteiger partial charge in [0.2, 0.25) is 0 Å². The molecule has 5 heteroatoms. The van der Waals surface area contributed by atoms with Crippen molar-refractivity contribution in [3.8, 4) is 0 Å². The summed E-state index contributed by atoms with van der Waals surface area (Å²) in [6, 6.07) is 20.6. The van der Waals surface area contributed by atoms with E-state index in [2.05, 4.69) is 33.0 Å². The van der Waals surface area contributed by atoms with Gasteiger partial charge in [0.05, 0.1) is 13.2 Å². The van der Waals surface area contributed by atoms with Crippen LogP contribution in [0.4, 0.5) is 0 Å². The van der Waals surface area contributed by atoms with Crippen LogP contribution in [0, 0.1) is 0 Å². The van der Waals surface area contributed by atoms with Crippen LogP contribution in [0.2, 0.25) is 0 Å². The maximum atomic E-state index is 9.59. The average molecular weight is 363 g/mol. The van der Waals surface area contributed by atoms with E-state index < -0.39 is 8.60 Å². The Morgan fingerprint density at radius 2 is 1.12 bits per heavy atom. The van der Waals surface area contributed by atoms with Gasteiger partial charge in [0.1, 0.15) is 0 Å². The van der Waals surface area contributed by atoms with Gasteiger partial charge in [0.15, 0.2) is 0 Å². The molecule has 25 heavy (non-hydrogen) atoms. The highest BCUT2D eigenvalue weighted by Gasteiger charge is 2.07. The van der Waals surface area contributed by atoms with Gasteiger partial charge in [-0.1, -0.05) is 88.4 Å². The summed E-state index contributed by atoms with van der Waals surface area (Å²) in [7, 11) is -1.83. The minimum atomic E-state index is -1.83. The van der Waals surface area contributed by atoms with Crippen LogP contribution < -0.4 is 5.32 Å². The van der Waals surface area contributed by atoms with Gasteiger partial charge in [-0.15, -0.1) is 0 Å². The Morgan fingerprint density at radius 3 is 1.40 bits per heavy atom. The lowest BCUT2D eigenvalue weighted by atomic mass is 10.2. The topological polar surface area (TPSA) is 50.7 Å². The summed E-state index contributed by atoms with van der Waals surface area (Å²) in [6.07, 6.45) is 0. The van der Waals surface area contributed by atoms with Gasteiger partial charge in [0, 0.05) is 12.1 Å². The first-order valence-electron chi connectivity index (χ1n) is 8.56. The monoisotopic (exact) mass is 363 g/mol. The molecule has 0 atom stereocenters. The SMILES string of the molecule is CC(C)NC(C)C.OP(OCc1ccccc1)OCc1ccccc1. The van der Waals surface area contributed by atoms with Crippen LogP contribution in [0.3, 0.4) is 0 Å². The fourth-order valence-electron chi connectivity index (χ4n) is 2.11. The molecule has 0 saturated carbocycles. The van der Waals surface area contributed by atoms with Crippen LogP contribution in [0.25, 0.3) is 0 Å². The normalized spacial score (nSPS) is 10.9. The zero-order valence-electron chi connectivity index (χ0n) is 15.6. The van der Waals surface area contributed by atoms with Crippen molar-refractivity contribution in [1.29, 1.82) is 0 Å². The molecule has 0 fully saturated rings. The number of hydrogen-bond acceptors (Lipinski definition) is 4. The Kier molecular flexibility index (Phi) is 11.3. The van der Waals surface area contributed by atoms with Crippen molar-refractivity contribution in [1.82, 2.24) is 5.32 Å². The second-order valence-electron chi connectivity index (χ2n) is 6.23. The van der Waals surface area contributed by atoms with E-state index in [0.29, 0.717) is 25.3 Å². The largest absolute Gasteiger partial charge is 0.330 e. The zero-order valence-corrected chi connectivity index (χ0v) is 16.4. The lowest BCUT2D eigenvalue weighted by molar-refractivity contribution is 0.187. The van der Waals surface area contributed by atoms with E-state index in [0.717, 1.165) is 11.1 Å². The van der Waals surface area contributed by atoms with E-state index in [1.807, 2.05) is 60.7 Å². The summed E-state index contributed by atoms with van der Waals surface area (Å²) in [5, 5.41) is 3.31. The molecular weight excluding hydrogens is 333 g/mol. The average Bonchev–Trinajstić information content (AvgIpc) is 2.59. The standard InChI is InChI=1S/C14H15O3P.C6H15N/c15-18(16-11-13-7-3-1-4-8-13)17-12-14-9-5-2-6-10-14;1-5(2)7-6(3)4/h1-10,15H,11-12H2;5-7H,1-4H3. The molecule has 2 aromatic rings. The molecule has 2 N–H and O–H groups in total. The summed E-state index contributed by atoms with van der Waals surface area (Å²) in [5.41, 5.74) is 2.03. The first kappa shape index (κ1) is 21.8. The van der Waals surface area contributed by atoms with Gasteiger partial charge >= 0.3 is 8.60 Å². The molecule has 0 bridgehead atoms. The molecule has 0 aliphatic heterocycles. The van der Waals surface area contributed by atoms with Crippen molar-refractivity contribution < 1.29 is 13.9 Å². The summed E-state index contributed by atoms with van der Waals surface area (Å²) >= 11 is 0. The first-order chi connectivity index (χ1) is 12.0. The van der Waals surface area contributed by atoms with Crippen molar-refractivity contribution in [3.63, 3.8) is 0 Å². The fourth-order valence-corrected chi connectivity index (χ4v) is 2.71. The van der Waals surface area contributed by atoms with E-state index in [4.69, 9.17) is 9.05 Å². The summed E-state index contributed by atoms with van der Waals surface area (Å²) in [4.78, 5) is 9.59. The van der Waals surface area contributed by atoms with E-state index in [9.17, 15) is 4.89 Å². The lowest BCUT2D eigenvalue weighted by Gasteiger charge is -2.10. The highest BCUT2D eigenvalue weighted by atomic mass is 31.2. The minimum absolute atomic E-state index is 0.359. The predicted octanol–water partition coefficient (Wildman–Crippen LogP) is 5.03. The Hall–Kier alpha value is -1.29. The van der Waals surface area contributed by atoms with Crippen molar-refractivity contribution in [2.75, 3.05) is 0 Å². The van der Waals surface area contributed by atoms with E-state index in [1.165, 1.54) is 0 Å². The van der Waals surface area contributed by atoms with Gasteiger partial charge in [-0.3, -0.25) is 0 Å². The molecule has 0 aromatic heterocycles. The van der Waals surface area contributed by atoms with E-state index in [1.54, 1.807) is 0 Å². The summed E-state index contributed by atoms with van der Waals surface area (Å²) in [5.74, 6) is 0. The molecule has 0 aliphatic carbocycles. The highest BCUT2D eigenvalue weighted by molar-refractivity contribution is 7.40. The van der Waals surface area contributed by atoms with Crippen molar-refractivity contribution in [2.45, 2.75) is 53.0 Å². The molecule has 2 aromatic carbocycles. The van der Waals surface area contributed by atoms with Crippen LogP contribution in [-0.4, -0.2) is 17.0 Å². The molecule has 0 spiro atoms. The van der Waals surface area contributed by atoms with Crippen molar-refractivity contribution in [2.24, 2.45) is 0 Å². The third-order valence-electron chi connectivity index (χ3n) is 3.04. The van der Waals surface area contributed by atoms with Crippen LogP contribution >= 0.6 is 8.60 Å². The molecule has 0 heterocycles. The molecule has 0 amide bonds. The molecule has 0 unspecified atom stereocenters. The number of benzene rings is 2. The Morgan fingerprint density at radius 1 is 0.760 bits per heavy atom. The second-order valence-corrected chi connectivity index (χ2v) is 7.22. The molecule has 0 aliphatic rings. The van der Waals surface area contributed by atoms with Crippen LogP contribution in [0.15, 0.2) is 60.7 Å². The highest BCUT2D eigenvalue weighted by Crippen LogP contribution is 2.35. The molecule has 2 rings (SSSR count). The lowest BCUT2D eigenvalue weighted by Crippen LogP contribution is -2.29. The van der Waals surface area contributed by atoms with Crippen molar-refractivity contribution >= 4 is 8.60 Å². The predicted molar refractivity (Wildman–Crippen MR) is 105 cm³/mol. The molecule has 4 nitrogen and oxygen atoms in total. The van der Waals surface area contributed by atoms with Gasteiger partial charge in [-0.25, -0.2) is 0 Å². The number of rotatable bonds is 8. The van der Waals surface area contributed by atoms with Gasteiger partial charge in [0.25, 0.3) is 0 Å². The van der Waals surface area contributed by atoms with Crippen LogP contribution in [0.5, 0.6) is 0 Å². The molecule has 0 radical (unpaired) electrons. The maximum absolute atomic E-state index is 9.59. The third kappa shape index (κ3) is 11.8. The maximum Gasteiger partial charge on any atom is 0.330 e. The summed E-state index contributed by atoms with van der Waals surface area (Å²) in [6.45, 7) is 9.33. The molecular formula is C20H30NO3P. The van der Waals surface area contributed by atoms with Gasteiger partial charge < -0.3 is 19.3 Å². The quantitative estimate of drug-likeness (QED) is 0.646. The Labute approximate surface area is 153 Å². The zero-order chi connectivity index (χ0) is 18.5. The molecule has 138 valence electrons. The Bertz CT molecular complexity index is 500. The third-order valence-corrected chi connectivity index (χ3v) is 3.74. The van der Waals surface area contributed by atoms with Gasteiger partial charge in [-0.2, -0.15) is 0 Å². The number of nitrogens with one attached hydrogen (secondary N) is 1. The fraction of sp³-hybridized carbons (Fsp3) is 0.400. The van der Waals surface area contributed by atoms with Gasteiger partial charge in [-0.05, 0) is 11.1 Å². The smallest absolute Gasteiger partial charge is 0.328 e.